The predicted molar refractivity (Wildman–Crippen MR) is 120 cm³/mol. The number of anilines is 1. The summed E-state index contributed by atoms with van der Waals surface area (Å²) in [7, 11) is 0. The smallest absolute Gasteiger partial charge is 0.207 e. The fourth-order valence-electron chi connectivity index (χ4n) is 4.26. The summed E-state index contributed by atoms with van der Waals surface area (Å²) in [6.45, 7) is 8.23. The van der Waals surface area contributed by atoms with Gasteiger partial charge in [-0.15, -0.1) is 11.3 Å². The molecule has 1 saturated heterocycles. The fraction of sp³-hybridized carbons (Fsp3) is 0.348. The Morgan fingerprint density at radius 1 is 1.00 bits per heavy atom. The van der Waals surface area contributed by atoms with E-state index in [-0.39, 0.29) is 5.82 Å². The van der Waals surface area contributed by atoms with Crippen LogP contribution in [0.25, 0.3) is 20.4 Å². The highest BCUT2D eigenvalue weighted by Crippen LogP contribution is 2.37. The first-order valence-corrected chi connectivity index (χ1v) is 11.1. The molecule has 5 rings (SSSR count). The summed E-state index contributed by atoms with van der Waals surface area (Å²) < 4.78 is 17.0. The molecular weight excluding hydrogens is 383 g/mol. The lowest BCUT2D eigenvalue weighted by Gasteiger charge is -2.35. The first-order chi connectivity index (χ1) is 14.2. The topological polar surface area (TPSA) is 24.3 Å². The molecule has 29 heavy (non-hydrogen) atoms. The monoisotopic (exact) mass is 408 g/mol. The molecule has 4 aromatic rings. The number of thiophene rings is 1. The van der Waals surface area contributed by atoms with Crippen molar-refractivity contribution < 1.29 is 4.39 Å². The molecule has 1 aliphatic heterocycles. The average molecular weight is 409 g/mol. The lowest BCUT2D eigenvalue weighted by molar-refractivity contribution is 0.257. The zero-order valence-corrected chi connectivity index (χ0v) is 17.5. The Labute approximate surface area is 174 Å². The van der Waals surface area contributed by atoms with Gasteiger partial charge in [-0.05, 0) is 36.7 Å². The van der Waals surface area contributed by atoms with Gasteiger partial charge >= 0.3 is 0 Å². The molecule has 2 aromatic heterocycles. The van der Waals surface area contributed by atoms with Gasteiger partial charge in [0.05, 0.1) is 12.1 Å². The minimum absolute atomic E-state index is 0.196. The standard InChI is InChI=1S/C23H25FN4S/c1-2-11-26-12-14-27(15-13-26)23-25-22-21(19-5-3-4-6-20(19)29-22)28(23)16-17-7-9-18(24)10-8-17/h3-10H,2,11-16H2,1H3. The third-order valence-electron chi connectivity index (χ3n) is 5.71. The van der Waals surface area contributed by atoms with Gasteiger partial charge in [-0.2, -0.15) is 0 Å². The molecule has 0 spiro atoms. The van der Waals surface area contributed by atoms with E-state index >= 15 is 0 Å². The molecule has 1 aliphatic rings. The maximum atomic E-state index is 13.4. The number of hydrogen-bond donors (Lipinski definition) is 0. The predicted octanol–water partition coefficient (Wildman–Crippen LogP) is 4.97. The van der Waals surface area contributed by atoms with Crippen molar-refractivity contribution >= 4 is 37.7 Å². The van der Waals surface area contributed by atoms with E-state index in [0.29, 0.717) is 6.54 Å². The minimum Gasteiger partial charge on any atom is -0.340 e. The van der Waals surface area contributed by atoms with Crippen LogP contribution in [0.2, 0.25) is 0 Å². The molecule has 0 radical (unpaired) electrons. The second kappa shape index (κ2) is 7.76. The zero-order chi connectivity index (χ0) is 19.8. The van der Waals surface area contributed by atoms with Crippen molar-refractivity contribution in [2.24, 2.45) is 0 Å². The summed E-state index contributed by atoms with van der Waals surface area (Å²) in [6.07, 6.45) is 1.20. The summed E-state index contributed by atoms with van der Waals surface area (Å²) >= 11 is 1.75. The fourth-order valence-corrected chi connectivity index (χ4v) is 5.33. The number of aromatic nitrogens is 2. The van der Waals surface area contributed by atoms with Crippen LogP contribution < -0.4 is 4.90 Å². The molecule has 2 aromatic carbocycles. The second-order valence-electron chi connectivity index (χ2n) is 7.71. The Balaban J connectivity index is 1.57. The molecule has 0 N–H and O–H groups in total. The highest BCUT2D eigenvalue weighted by molar-refractivity contribution is 7.25. The zero-order valence-electron chi connectivity index (χ0n) is 16.6. The van der Waals surface area contributed by atoms with Crippen LogP contribution in [-0.4, -0.2) is 47.2 Å². The first-order valence-electron chi connectivity index (χ1n) is 10.3. The lowest BCUT2D eigenvalue weighted by atomic mass is 10.2. The van der Waals surface area contributed by atoms with Crippen molar-refractivity contribution in [1.82, 2.24) is 14.5 Å². The van der Waals surface area contributed by atoms with Crippen molar-refractivity contribution in [3.05, 3.63) is 59.9 Å². The van der Waals surface area contributed by atoms with Crippen LogP contribution in [0.5, 0.6) is 0 Å². The number of imidazole rings is 1. The third-order valence-corrected chi connectivity index (χ3v) is 6.77. The van der Waals surface area contributed by atoms with E-state index in [9.17, 15) is 4.39 Å². The Morgan fingerprint density at radius 2 is 1.76 bits per heavy atom. The number of rotatable bonds is 5. The summed E-state index contributed by atoms with van der Waals surface area (Å²) in [5, 5.41) is 1.25. The number of halogens is 1. The highest BCUT2D eigenvalue weighted by atomic mass is 32.1. The van der Waals surface area contributed by atoms with Gasteiger partial charge in [0, 0.05) is 36.3 Å². The van der Waals surface area contributed by atoms with Gasteiger partial charge in [-0.1, -0.05) is 37.3 Å². The second-order valence-corrected chi connectivity index (χ2v) is 8.74. The Kier molecular flexibility index (Phi) is 4.97. The van der Waals surface area contributed by atoms with Crippen LogP contribution in [0, 0.1) is 5.82 Å². The van der Waals surface area contributed by atoms with Gasteiger partial charge in [0.1, 0.15) is 10.6 Å². The van der Waals surface area contributed by atoms with E-state index in [0.717, 1.165) is 49.1 Å². The summed E-state index contributed by atoms with van der Waals surface area (Å²) in [5.74, 6) is 0.843. The molecule has 0 aliphatic carbocycles. The number of hydrogen-bond acceptors (Lipinski definition) is 4. The number of nitrogens with zero attached hydrogens (tertiary/aromatic N) is 4. The maximum absolute atomic E-state index is 13.4. The Morgan fingerprint density at radius 3 is 2.52 bits per heavy atom. The van der Waals surface area contributed by atoms with Crippen LogP contribution in [0.4, 0.5) is 10.3 Å². The number of piperazine rings is 1. The SMILES string of the molecule is CCCN1CCN(c2nc3sc4ccccc4c3n2Cc2ccc(F)cc2)CC1. The van der Waals surface area contributed by atoms with E-state index in [1.54, 1.807) is 23.5 Å². The largest absolute Gasteiger partial charge is 0.340 e. The molecular formula is C23H25FN4S. The van der Waals surface area contributed by atoms with E-state index in [1.807, 2.05) is 12.1 Å². The summed E-state index contributed by atoms with van der Waals surface area (Å²) in [4.78, 5) is 11.1. The molecule has 0 unspecified atom stereocenters. The lowest BCUT2D eigenvalue weighted by Crippen LogP contribution is -2.47. The number of fused-ring (bicyclic) bond motifs is 3. The van der Waals surface area contributed by atoms with Crippen molar-refractivity contribution in [2.75, 3.05) is 37.6 Å². The summed E-state index contributed by atoms with van der Waals surface area (Å²) in [6, 6.07) is 15.3. The van der Waals surface area contributed by atoms with Gasteiger partial charge in [0.2, 0.25) is 5.95 Å². The molecule has 3 heterocycles. The molecule has 150 valence electrons. The molecule has 0 bridgehead atoms. The van der Waals surface area contributed by atoms with Crippen LogP contribution in [0.15, 0.2) is 48.5 Å². The van der Waals surface area contributed by atoms with E-state index in [4.69, 9.17) is 4.98 Å². The van der Waals surface area contributed by atoms with Gasteiger partial charge in [-0.25, -0.2) is 9.37 Å². The molecule has 4 nitrogen and oxygen atoms in total. The molecule has 6 heteroatoms. The van der Waals surface area contributed by atoms with Crippen LogP contribution >= 0.6 is 11.3 Å². The molecule has 1 fully saturated rings. The molecule has 0 atom stereocenters. The molecule has 0 amide bonds. The van der Waals surface area contributed by atoms with Gasteiger partial charge in [-0.3, -0.25) is 4.90 Å². The van der Waals surface area contributed by atoms with E-state index in [1.165, 1.54) is 22.0 Å². The molecule has 0 saturated carbocycles. The minimum atomic E-state index is -0.196. The Hall–Kier alpha value is -2.44. The van der Waals surface area contributed by atoms with Crippen LogP contribution in [-0.2, 0) is 6.54 Å². The summed E-state index contributed by atoms with van der Waals surface area (Å²) in [5.41, 5.74) is 2.28. The average Bonchev–Trinajstić information content (AvgIpc) is 3.27. The van der Waals surface area contributed by atoms with Gasteiger partial charge in [0.25, 0.3) is 0 Å². The highest BCUT2D eigenvalue weighted by Gasteiger charge is 2.24. The van der Waals surface area contributed by atoms with E-state index < -0.39 is 0 Å². The van der Waals surface area contributed by atoms with Crippen molar-refractivity contribution in [2.45, 2.75) is 19.9 Å². The van der Waals surface area contributed by atoms with Crippen molar-refractivity contribution in [3.63, 3.8) is 0 Å². The normalized spacial score (nSPS) is 15.6. The maximum Gasteiger partial charge on any atom is 0.207 e. The van der Waals surface area contributed by atoms with Gasteiger partial charge < -0.3 is 9.47 Å². The number of benzene rings is 2. The Bertz CT molecular complexity index is 1120. The van der Waals surface area contributed by atoms with Crippen LogP contribution in [0.3, 0.4) is 0 Å². The third kappa shape index (κ3) is 3.51. The van der Waals surface area contributed by atoms with Crippen molar-refractivity contribution in [1.29, 1.82) is 0 Å². The van der Waals surface area contributed by atoms with E-state index in [2.05, 4.69) is 45.6 Å². The first kappa shape index (κ1) is 18.6. The van der Waals surface area contributed by atoms with Crippen LogP contribution in [0.1, 0.15) is 18.9 Å². The van der Waals surface area contributed by atoms with Gasteiger partial charge in [0.15, 0.2) is 0 Å². The quantitative estimate of drug-likeness (QED) is 0.466. The van der Waals surface area contributed by atoms with Crippen molar-refractivity contribution in [3.8, 4) is 0 Å².